The Labute approximate surface area is 199 Å². The number of aromatic nitrogens is 3. The zero-order chi connectivity index (χ0) is 21.6. The molecule has 0 unspecified atom stereocenters. The number of nitrogens with zero attached hydrogens (tertiary/aromatic N) is 6. The molecule has 0 bridgehead atoms. The standard InChI is InChI=1S/C21H27Br2N7O/c1-31-18-15(12-16(22)13-17(18)23)14-24-28-19-25-20(29-8-4-2-5-9-29)27-21(26-19)30-10-6-3-7-11-30/h12-14H,2-11H2,1H3,(H,25,26,27,28)/b24-14+. The van der Waals surface area contributed by atoms with Crippen molar-refractivity contribution in [2.45, 2.75) is 38.5 Å². The zero-order valence-electron chi connectivity index (χ0n) is 17.7. The van der Waals surface area contributed by atoms with Gasteiger partial charge in [-0.25, -0.2) is 5.43 Å². The Balaban J connectivity index is 1.58. The van der Waals surface area contributed by atoms with E-state index in [1.54, 1.807) is 13.3 Å². The molecule has 3 heterocycles. The van der Waals surface area contributed by atoms with Crippen molar-refractivity contribution in [1.29, 1.82) is 0 Å². The molecule has 2 aliphatic heterocycles. The summed E-state index contributed by atoms with van der Waals surface area (Å²) in [6.45, 7) is 3.93. The second-order valence-electron chi connectivity index (χ2n) is 7.73. The van der Waals surface area contributed by atoms with Crippen molar-refractivity contribution in [2.75, 3.05) is 48.5 Å². The van der Waals surface area contributed by atoms with Crippen LogP contribution in [0.3, 0.4) is 0 Å². The van der Waals surface area contributed by atoms with Crippen LogP contribution in [0.1, 0.15) is 44.1 Å². The minimum absolute atomic E-state index is 0.459. The van der Waals surface area contributed by atoms with Crippen LogP contribution in [0.5, 0.6) is 5.75 Å². The Hall–Kier alpha value is -1.94. The fourth-order valence-corrected chi connectivity index (χ4v) is 5.35. The van der Waals surface area contributed by atoms with Crippen LogP contribution in [0.25, 0.3) is 0 Å². The molecule has 1 aromatic carbocycles. The van der Waals surface area contributed by atoms with Crippen molar-refractivity contribution in [3.8, 4) is 5.75 Å². The number of methoxy groups -OCH3 is 1. The summed E-state index contributed by atoms with van der Waals surface area (Å²) in [5, 5.41) is 4.39. The third-order valence-corrected chi connectivity index (χ3v) is 6.55. The molecule has 2 fully saturated rings. The van der Waals surface area contributed by atoms with Crippen LogP contribution in [0.15, 0.2) is 26.2 Å². The van der Waals surface area contributed by atoms with Crippen molar-refractivity contribution in [3.05, 3.63) is 26.6 Å². The molecule has 4 rings (SSSR count). The predicted octanol–water partition coefficient (Wildman–Crippen LogP) is 4.83. The first-order valence-electron chi connectivity index (χ1n) is 10.7. The molecule has 1 N–H and O–H groups in total. The first-order chi connectivity index (χ1) is 15.1. The summed E-state index contributed by atoms with van der Waals surface area (Å²) in [4.78, 5) is 18.6. The summed E-state index contributed by atoms with van der Waals surface area (Å²) in [5.74, 6) is 2.64. The molecule has 31 heavy (non-hydrogen) atoms. The molecule has 0 atom stereocenters. The molecule has 10 heteroatoms. The molecule has 2 saturated heterocycles. The Bertz CT molecular complexity index is 892. The van der Waals surface area contributed by atoms with Crippen molar-refractivity contribution < 1.29 is 4.74 Å². The van der Waals surface area contributed by atoms with Crippen molar-refractivity contribution in [3.63, 3.8) is 0 Å². The van der Waals surface area contributed by atoms with E-state index in [1.165, 1.54) is 38.5 Å². The lowest BCUT2D eigenvalue weighted by Crippen LogP contribution is -2.34. The molecule has 166 valence electrons. The van der Waals surface area contributed by atoms with E-state index < -0.39 is 0 Å². The summed E-state index contributed by atoms with van der Waals surface area (Å²) < 4.78 is 7.27. The molecular formula is C21H27Br2N7O. The molecule has 1 aromatic heterocycles. The Morgan fingerprint density at radius 1 is 0.903 bits per heavy atom. The van der Waals surface area contributed by atoms with Crippen LogP contribution in [0.2, 0.25) is 0 Å². The van der Waals surface area contributed by atoms with E-state index in [9.17, 15) is 0 Å². The molecule has 8 nitrogen and oxygen atoms in total. The Morgan fingerprint density at radius 3 is 2.03 bits per heavy atom. The van der Waals surface area contributed by atoms with E-state index in [0.717, 1.165) is 52.6 Å². The molecule has 0 aliphatic carbocycles. The highest BCUT2D eigenvalue weighted by Crippen LogP contribution is 2.31. The first-order valence-corrected chi connectivity index (χ1v) is 12.3. The predicted molar refractivity (Wildman–Crippen MR) is 132 cm³/mol. The molecule has 0 spiro atoms. The van der Waals surface area contributed by atoms with Gasteiger partial charge in [-0.1, -0.05) is 15.9 Å². The number of ether oxygens (including phenoxy) is 1. The van der Waals surface area contributed by atoms with Crippen LogP contribution < -0.4 is 20.0 Å². The molecule has 2 aromatic rings. The van der Waals surface area contributed by atoms with Gasteiger partial charge in [0.15, 0.2) is 0 Å². The normalized spacial score (nSPS) is 17.3. The quantitative estimate of drug-likeness (QED) is 0.406. The summed E-state index contributed by atoms with van der Waals surface area (Å²) in [6.07, 6.45) is 8.91. The zero-order valence-corrected chi connectivity index (χ0v) is 20.8. The van der Waals surface area contributed by atoms with E-state index in [2.05, 4.69) is 62.2 Å². The fraction of sp³-hybridized carbons (Fsp3) is 0.524. The van der Waals surface area contributed by atoms with Gasteiger partial charge in [0.05, 0.1) is 17.8 Å². The van der Waals surface area contributed by atoms with E-state index in [1.807, 2.05) is 12.1 Å². The SMILES string of the molecule is COc1c(Br)cc(Br)cc1/C=N/Nc1nc(N2CCCCC2)nc(N2CCCCC2)n1. The van der Waals surface area contributed by atoms with Gasteiger partial charge in [-0.05, 0) is 66.6 Å². The average molecular weight is 553 g/mol. The highest BCUT2D eigenvalue weighted by molar-refractivity contribution is 9.11. The topological polar surface area (TPSA) is 78.8 Å². The number of piperidine rings is 2. The number of rotatable bonds is 6. The maximum atomic E-state index is 5.49. The number of halogens is 2. The molecule has 0 radical (unpaired) electrons. The second kappa shape index (κ2) is 10.6. The summed E-state index contributed by atoms with van der Waals surface area (Å²) >= 11 is 7.03. The third-order valence-electron chi connectivity index (χ3n) is 5.50. The van der Waals surface area contributed by atoms with Crippen LogP contribution in [-0.4, -0.2) is 54.5 Å². The first kappa shape index (κ1) is 22.3. The largest absolute Gasteiger partial charge is 0.495 e. The number of hydrogen-bond acceptors (Lipinski definition) is 8. The van der Waals surface area contributed by atoms with Crippen LogP contribution in [0.4, 0.5) is 17.8 Å². The van der Waals surface area contributed by atoms with Gasteiger partial charge in [0.1, 0.15) is 5.75 Å². The van der Waals surface area contributed by atoms with Gasteiger partial charge in [-0.15, -0.1) is 0 Å². The van der Waals surface area contributed by atoms with Gasteiger partial charge in [0.2, 0.25) is 17.8 Å². The molecule has 0 saturated carbocycles. The van der Waals surface area contributed by atoms with Gasteiger partial charge in [0, 0.05) is 36.2 Å². The minimum atomic E-state index is 0.459. The summed E-state index contributed by atoms with van der Waals surface area (Å²) in [6, 6.07) is 3.88. The van der Waals surface area contributed by atoms with Gasteiger partial charge >= 0.3 is 0 Å². The van der Waals surface area contributed by atoms with Gasteiger partial charge in [0.25, 0.3) is 0 Å². The van der Waals surface area contributed by atoms with E-state index in [-0.39, 0.29) is 0 Å². The lowest BCUT2D eigenvalue weighted by molar-refractivity contribution is 0.411. The van der Waals surface area contributed by atoms with Crippen molar-refractivity contribution >= 4 is 55.9 Å². The number of anilines is 3. The minimum Gasteiger partial charge on any atom is -0.495 e. The maximum Gasteiger partial charge on any atom is 0.250 e. The van der Waals surface area contributed by atoms with Crippen molar-refractivity contribution in [2.24, 2.45) is 5.10 Å². The lowest BCUT2D eigenvalue weighted by atomic mass is 10.1. The summed E-state index contributed by atoms with van der Waals surface area (Å²) in [5.41, 5.74) is 3.84. The van der Waals surface area contributed by atoms with Gasteiger partial charge in [-0.3, -0.25) is 0 Å². The number of hydrogen-bond donors (Lipinski definition) is 1. The van der Waals surface area contributed by atoms with E-state index in [0.29, 0.717) is 11.7 Å². The van der Waals surface area contributed by atoms with Crippen LogP contribution >= 0.6 is 31.9 Å². The highest BCUT2D eigenvalue weighted by atomic mass is 79.9. The monoisotopic (exact) mass is 551 g/mol. The van der Waals surface area contributed by atoms with Gasteiger partial charge in [-0.2, -0.15) is 20.1 Å². The Kier molecular flexibility index (Phi) is 7.60. The van der Waals surface area contributed by atoms with Crippen LogP contribution in [-0.2, 0) is 0 Å². The Morgan fingerprint density at radius 2 is 1.48 bits per heavy atom. The maximum absolute atomic E-state index is 5.49. The van der Waals surface area contributed by atoms with Gasteiger partial charge < -0.3 is 14.5 Å². The average Bonchev–Trinajstić information content (AvgIpc) is 2.80. The number of nitrogens with one attached hydrogen (secondary N) is 1. The number of benzene rings is 1. The smallest absolute Gasteiger partial charge is 0.250 e. The lowest BCUT2D eigenvalue weighted by Gasteiger charge is -2.30. The number of hydrazone groups is 1. The second-order valence-corrected chi connectivity index (χ2v) is 9.50. The van der Waals surface area contributed by atoms with E-state index >= 15 is 0 Å². The van der Waals surface area contributed by atoms with Crippen LogP contribution in [0, 0.1) is 0 Å². The fourth-order valence-electron chi connectivity index (χ4n) is 3.93. The molecular weight excluding hydrogens is 526 g/mol. The van der Waals surface area contributed by atoms with Crippen molar-refractivity contribution in [1.82, 2.24) is 15.0 Å². The molecule has 2 aliphatic rings. The highest BCUT2D eigenvalue weighted by Gasteiger charge is 2.20. The molecule has 0 amide bonds. The third kappa shape index (κ3) is 5.65. The van der Waals surface area contributed by atoms with E-state index in [4.69, 9.17) is 9.72 Å². The summed E-state index contributed by atoms with van der Waals surface area (Å²) in [7, 11) is 1.64.